The SMILES string of the molecule is COCc1cc(C)nc(OCc2ccc(Br)cc2)c1C#N. The molecule has 0 bridgehead atoms. The highest BCUT2D eigenvalue weighted by Crippen LogP contribution is 2.22. The van der Waals surface area contributed by atoms with Crippen LogP contribution in [0.3, 0.4) is 0 Å². The van der Waals surface area contributed by atoms with Crippen LogP contribution in [0, 0.1) is 18.3 Å². The molecule has 0 aliphatic rings. The Balaban J connectivity index is 2.22. The van der Waals surface area contributed by atoms with Gasteiger partial charge in [0, 0.05) is 22.8 Å². The van der Waals surface area contributed by atoms with Crippen molar-refractivity contribution in [3.05, 3.63) is 57.2 Å². The zero-order valence-electron chi connectivity index (χ0n) is 11.9. The Morgan fingerprint density at radius 3 is 2.57 bits per heavy atom. The molecule has 2 rings (SSSR count). The number of benzene rings is 1. The Hall–Kier alpha value is -1.90. The second-order valence-corrected chi connectivity index (χ2v) is 5.48. The van der Waals surface area contributed by atoms with E-state index in [2.05, 4.69) is 27.0 Å². The number of hydrogen-bond donors (Lipinski definition) is 0. The fourth-order valence-corrected chi connectivity index (χ4v) is 2.20. The van der Waals surface area contributed by atoms with Crippen LogP contribution >= 0.6 is 15.9 Å². The van der Waals surface area contributed by atoms with Crippen LogP contribution in [0.4, 0.5) is 0 Å². The zero-order chi connectivity index (χ0) is 15.2. The lowest BCUT2D eigenvalue weighted by Gasteiger charge is -2.11. The van der Waals surface area contributed by atoms with E-state index in [1.165, 1.54) is 0 Å². The van der Waals surface area contributed by atoms with Gasteiger partial charge in [-0.25, -0.2) is 4.98 Å². The highest BCUT2D eigenvalue weighted by atomic mass is 79.9. The van der Waals surface area contributed by atoms with Crippen molar-refractivity contribution >= 4 is 15.9 Å². The molecular formula is C16H15BrN2O2. The van der Waals surface area contributed by atoms with E-state index in [9.17, 15) is 5.26 Å². The molecule has 0 aliphatic carbocycles. The first kappa shape index (κ1) is 15.5. The summed E-state index contributed by atoms with van der Waals surface area (Å²) in [4.78, 5) is 4.31. The number of rotatable bonds is 5. The van der Waals surface area contributed by atoms with Gasteiger partial charge < -0.3 is 9.47 Å². The summed E-state index contributed by atoms with van der Waals surface area (Å²) in [5.74, 6) is 0.354. The second-order valence-electron chi connectivity index (χ2n) is 4.56. The van der Waals surface area contributed by atoms with Crippen LogP contribution in [0.25, 0.3) is 0 Å². The lowest BCUT2D eigenvalue weighted by molar-refractivity contribution is 0.183. The van der Waals surface area contributed by atoms with Gasteiger partial charge in [0.2, 0.25) is 5.88 Å². The van der Waals surface area contributed by atoms with Gasteiger partial charge in [-0.1, -0.05) is 28.1 Å². The van der Waals surface area contributed by atoms with Crippen molar-refractivity contribution in [1.82, 2.24) is 4.98 Å². The summed E-state index contributed by atoms with van der Waals surface area (Å²) in [5.41, 5.74) is 3.03. The summed E-state index contributed by atoms with van der Waals surface area (Å²) >= 11 is 3.39. The van der Waals surface area contributed by atoms with Crippen molar-refractivity contribution < 1.29 is 9.47 Å². The summed E-state index contributed by atoms with van der Waals surface area (Å²) < 4.78 is 11.8. The molecule has 108 valence electrons. The Bertz CT molecular complexity index is 663. The molecule has 0 aliphatic heterocycles. The van der Waals surface area contributed by atoms with Gasteiger partial charge >= 0.3 is 0 Å². The van der Waals surface area contributed by atoms with Gasteiger partial charge in [0.05, 0.1) is 6.61 Å². The van der Waals surface area contributed by atoms with Crippen molar-refractivity contribution in [2.75, 3.05) is 7.11 Å². The maximum Gasteiger partial charge on any atom is 0.232 e. The smallest absolute Gasteiger partial charge is 0.232 e. The van der Waals surface area contributed by atoms with Crippen LogP contribution in [0.5, 0.6) is 5.88 Å². The highest BCUT2D eigenvalue weighted by molar-refractivity contribution is 9.10. The average Bonchev–Trinajstić information content (AvgIpc) is 2.47. The van der Waals surface area contributed by atoms with Crippen molar-refractivity contribution in [2.24, 2.45) is 0 Å². The first-order valence-corrected chi connectivity index (χ1v) is 7.20. The molecule has 0 saturated carbocycles. The predicted octanol–water partition coefficient (Wildman–Crippen LogP) is 3.75. The quantitative estimate of drug-likeness (QED) is 0.827. The molecule has 1 aromatic heterocycles. The molecule has 0 fully saturated rings. The van der Waals surface area contributed by atoms with Crippen LogP contribution < -0.4 is 4.74 Å². The molecular weight excluding hydrogens is 332 g/mol. The topological polar surface area (TPSA) is 55.1 Å². The molecule has 0 N–H and O–H groups in total. The fourth-order valence-electron chi connectivity index (χ4n) is 1.94. The number of nitrogens with zero attached hydrogens (tertiary/aromatic N) is 2. The molecule has 0 spiro atoms. The van der Waals surface area contributed by atoms with E-state index in [1.54, 1.807) is 7.11 Å². The third kappa shape index (κ3) is 4.03. The standard InChI is InChI=1S/C16H15BrN2O2/c1-11-7-13(10-20-2)15(8-18)16(19-11)21-9-12-3-5-14(17)6-4-12/h3-7H,9-10H2,1-2H3. The van der Waals surface area contributed by atoms with Gasteiger partial charge in [0.25, 0.3) is 0 Å². The minimum absolute atomic E-state index is 0.354. The Labute approximate surface area is 132 Å². The molecule has 1 aromatic carbocycles. The minimum atomic E-state index is 0.354. The number of aryl methyl sites for hydroxylation is 1. The van der Waals surface area contributed by atoms with Crippen LogP contribution in [-0.2, 0) is 18.0 Å². The van der Waals surface area contributed by atoms with E-state index >= 15 is 0 Å². The Morgan fingerprint density at radius 1 is 1.24 bits per heavy atom. The number of ether oxygens (including phenoxy) is 2. The molecule has 5 heteroatoms. The molecule has 0 saturated heterocycles. The van der Waals surface area contributed by atoms with E-state index < -0.39 is 0 Å². The number of methoxy groups -OCH3 is 1. The van der Waals surface area contributed by atoms with Crippen molar-refractivity contribution in [1.29, 1.82) is 5.26 Å². The number of hydrogen-bond acceptors (Lipinski definition) is 4. The number of pyridine rings is 1. The maximum absolute atomic E-state index is 9.32. The predicted molar refractivity (Wildman–Crippen MR) is 82.9 cm³/mol. The molecule has 0 atom stereocenters. The first-order chi connectivity index (χ1) is 10.1. The van der Waals surface area contributed by atoms with Gasteiger partial charge in [0.1, 0.15) is 18.2 Å². The minimum Gasteiger partial charge on any atom is -0.472 e. The molecule has 2 aromatic rings. The molecule has 0 radical (unpaired) electrons. The highest BCUT2D eigenvalue weighted by Gasteiger charge is 2.12. The zero-order valence-corrected chi connectivity index (χ0v) is 13.5. The summed E-state index contributed by atoms with van der Waals surface area (Å²) in [6, 6.07) is 11.8. The number of nitriles is 1. The largest absolute Gasteiger partial charge is 0.472 e. The van der Waals surface area contributed by atoms with Crippen LogP contribution in [0.15, 0.2) is 34.8 Å². The maximum atomic E-state index is 9.32. The van der Waals surface area contributed by atoms with Gasteiger partial charge in [0.15, 0.2) is 0 Å². The second kappa shape index (κ2) is 7.21. The molecule has 4 nitrogen and oxygen atoms in total. The van der Waals surface area contributed by atoms with Crippen LogP contribution in [0.2, 0.25) is 0 Å². The van der Waals surface area contributed by atoms with Gasteiger partial charge in [-0.05, 0) is 30.7 Å². The van der Waals surface area contributed by atoms with Gasteiger partial charge in [-0.3, -0.25) is 0 Å². The molecule has 1 heterocycles. The fraction of sp³-hybridized carbons (Fsp3) is 0.250. The lowest BCUT2D eigenvalue weighted by Crippen LogP contribution is -2.04. The van der Waals surface area contributed by atoms with Crippen LogP contribution in [-0.4, -0.2) is 12.1 Å². The van der Waals surface area contributed by atoms with Crippen molar-refractivity contribution in [2.45, 2.75) is 20.1 Å². The summed E-state index contributed by atoms with van der Waals surface area (Å²) in [5, 5.41) is 9.32. The summed E-state index contributed by atoms with van der Waals surface area (Å²) in [6.45, 7) is 2.60. The molecule has 0 amide bonds. The van der Waals surface area contributed by atoms with Gasteiger partial charge in [-0.15, -0.1) is 0 Å². The molecule has 21 heavy (non-hydrogen) atoms. The van der Waals surface area contributed by atoms with Crippen molar-refractivity contribution in [3.8, 4) is 11.9 Å². The Kier molecular flexibility index (Phi) is 5.32. The van der Waals surface area contributed by atoms with E-state index in [-0.39, 0.29) is 0 Å². The summed E-state index contributed by atoms with van der Waals surface area (Å²) in [7, 11) is 1.60. The monoisotopic (exact) mass is 346 g/mol. The third-order valence-corrected chi connectivity index (χ3v) is 3.43. The van der Waals surface area contributed by atoms with E-state index in [0.717, 1.165) is 21.3 Å². The Morgan fingerprint density at radius 2 is 1.95 bits per heavy atom. The average molecular weight is 347 g/mol. The number of halogens is 1. The van der Waals surface area contributed by atoms with Gasteiger partial charge in [-0.2, -0.15) is 5.26 Å². The third-order valence-electron chi connectivity index (χ3n) is 2.90. The number of aromatic nitrogens is 1. The van der Waals surface area contributed by atoms with Crippen molar-refractivity contribution in [3.63, 3.8) is 0 Å². The first-order valence-electron chi connectivity index (χ1n) is 6.41. The lowest BCUT2D eigenvalue weighted by atomic mass is 10.1. The van der Waals surface area contributed by atoms with Crippen LogP contribution in [0.1, 0.15) is 22.4 Å². The van der Waals surface area contributed by atoms with E-state index in [1.807, 2.05) is 37.3 Å². The van der Waals surface area contributed by atoms with E-state index in [0.29, 0.717) is 24.7 Å². The normalized spacial score (nSPS) is 10.2. The molecule has 0 unspecified atom stereocenters. The van der Waals surface area contributed by atoms with E-state index in [4.69, 9.17) is 9.47 Å². The summed E-state index contributed by atoms with van der Waals surface area (Å²) in [6.07, 6.45) is 0.